The Kier molecular flexibility index (Phi) is 4.09. The molecule has 1 aliphatic rings. The molecule has 4 nitrogen and oxygen atoms in total. The third-order valence-electron chi connectivity index (χ3n) is 6.20. The summed E-state index contributed by atoms with van der Waals surface area (Å²) in [6, 6.07) is 12.1. The van der Waals surface area contributed by atoms with Gasteiger partial charge in [-0.05, 0) is 53.0 Å². The van der Waals surface area contributed by atoms with Gasteiger partial charge < -0.3 is 15.8 Å². The molecule has 1 fully saturated rings. The molecule has 2 aromatic heterocycles. The van der Waals surface area contributed by atoms with Crippen LogP contribution >= 0.6 is 11.3 Å². The fraction of sp³-hybridized carbons (Fsp3) is 0.292. The summed E-state index contributed by atoms with van der Waals surface area (Å²) in [6.45, 7) is 4.81. The molecule has 4 N–H and O–H groups in total. The molecule has 1 aliphatic carbocycles. The highest BCUT2D eigenvalue weighted by Gasteiger charge is 2.29. The lowest BCUT2D eigenvalue weighted by atomic mass is 9.83. The third kappa shape index (κ3) is 2.88. The summed E-state index contributed by atoms with van der Waals surface area (Å²) in [5.74, 6) is 0.682. The van der Waals surface area contributed by atoms with Crippen LogP contribution in [0.3, 0.4) is 0 Å². The molecule has 4 aromatic rings. The Labute approximate surface area is 173 Å². The first kappa shape index (κ1) is 18.4. The summed E-state index contributed by atoms with van der Waals surface area (Å²) < 4.78 is 0.701. The number of aromatic amines is 1. The van der Waals surface area contributed by atoms with E-state index in [9.17, 15) is 9.90 Å². The van der Waals surface area contributed by atoms with Crippen molar-refractivity contribution >= 4 is 32.3 Å². The van der Waals surface area contributed by atoms with Crippen molar-refractivity contribution in [2.45, 2.75) is 38.0 Å². The van der Waals surface area contributed by atoms with Crippen molar-refractivity contribution in [1.82, 2.24) is 4.98 Å². The predicted molar refractivity (Wildman–Crippen MR) is 121 cm³/mol. The zero-order valence-corrected chi connectivity index (χ0v) is 17.4. The van der Waals surface area contributed by atoms with Crippen molar-refractivity contribution in [1.29, 1.82) is 0 Å². The molecule has 1 saturated carbocycles. The second kappa shape index (κ2) is 6.44. The smallest absolute Gasteiger partial charge is 0.266 e. The highest BCUT2D eigenvalue weighted by atomic mass is 32.1. The topological polar surface area (TPSA) is 79.1 Å². The maximum absolute atomic E-state index is 12.7. The van der Waals surface area contributed by atoms with Gasteiger partial charge in [-0.1, -0.05) is 38.1 Å². The molecular formula is C24H24N2O2S. The van der Waals surface area contributed by atoms with Crippen LogP contribution in [0, 0.1) is 0 Å². The van der Waals surface area contributed by atoms with Crippen molar-refractivity contribution in [2.75, 3.05) is 6.54 Å². The van der Waals surface area contributed by atoms with Crippen LogP contribution in [-0.4, -0.2) is 16.6 Å². The molecule has 0 unspecified atom stereocenters. The fourth-order valence-corrected chi connectivity index (χ4v) is 4.96. The SMILES string of the molecule is CC(C)(CN)c1ccc(-c2c(O)cc(C3CC3)c3[nH]c(=O)c4sccc4c23)cc1. The van der Waals surface area contributed by atoms with Gasteiger partial charge in [0.25, 0.3) is 5.56 Å². The van der Waals surface area contributed by atoms with Crippen LogP contribution in [-0.2, 0) is 5.41 Å². The van der Waals surface area contributed by atoms with Crippen LogP contribution in [0.2, 0.25) is 0 Å². The Morgan fingerprint density at radius 1 is 1.21 bits per heavy atom. The minimum Gasteiger partial charge on any atom is -0.507 e. The zero-order valence-electron chi connectivity index (χ0n) is 16.6. The number of H-pyrrole nitrogens is 1. The summed E-state index contributed by atoms with van der Waals surface area (Å²) in [7, 11) is 0. The number of aromatic nitrogens is 1. The van der Waals surface area contributed by atoms with E-state index in [-0.39, 0.29) is 16.7 Å². The number of benzene rings is 2. The normalized spacial score (nSPS) is 14.7. The lowest BCUT2D eigenvalue weighted by molar-refractivity contribution is 0.477. The van der Waals surface area contributed by atoms with E-state index >= 15 is 0 Å². The summed E-state index contributed by atoms with van der Waals surface area (Å²) in [5.41, 5.74) is 10.6. The van der Waals surface area contributed by atoms with E-state index in [1.165, 1.54) is 11.3 Å². The molecule has 5 rings (SSSR count). The number of nitrogens with one attached hydrogen (secondary N) is 1. The first-order chi connectivity index (χ1) is 13.9. The fourth-order valence-electron chi connectivity index (χ4n) is 4.16. The third-order valence-corrected chi connectivity index (χ3v) is 7.11. The highest BCUT2D eigenvalue weighted by molar-refractivity contribution is 7.17. The second-order valence-electron chi connectivity index (χ2n) is 8.67. The first-order valence-electron chi connectivity index (χ1n) is 10.0. The number of hydrogen-bond acceptors (Lipinski definition) is 4. The number of rotatable bonds is 4. The van der Waals surface area contributed by atoms with Gasteiger partial charge in [-0.15, -0.1) is 11.3 Å². The molecule has 0 radical (unpaired) electrons. The van der Waals surface area contributed by atoms with E-state index in [0.717, 1.165) is 51.4 Å². The van der Waals surface area contributed by atoms with Crippen LogP contribution in [0.5, 0.6) is 5.75 Å². The molecule has 0 bridgehead atoms. The Morgan fingerprint density at radius 2 is 1.93 bits per heavy atom. The molecule has 0 spiro atoms. The number of phenols is 1. The van der Waals surface area contributed by atoms with Crippen molar-refractivity contribution in [3.05, 3.63) is 63.3 Å². The maximum atomic E-state index is 12.7. The van der Waals surface area contributed by atoms with E-state index in [1.54, 1.807) is 0 Å². The van der Waals surface area contributed by atoms with Crippen LogP contribution in [0.4, 0.5) is 0 Å². The minimum absolute atomic E-state index is 0.0546. The highest BCUT2D eigenvalue weighted by Crippen LogP contribution is 2.48. The summed E-state index contributed by atoms with van der Waals surface area (Å²) in [4.78, 5) is 15.8. The van der Waals surface area contributed by atoms with Gasteiger partial charge in [0.05, 0.1) is 5.52 Å². The van der Waals surface area contributed by atoms with Crippen LogP contribution < -0.4 is 11.3 Å². The molecule has 2 aromatic carbocycles. The number of nitrogens with two attached hydrogens (primary N) is 1. The molecule has 0 aliphatic heterocycles. The largest absolute Gasteiger partial charge is 0.507 e. The number of phenolic OH excluding ortho intramolecular Hbond substituents is 1. The van der Waals surface area contributed by atoms with Gasteiger partial charge in [-0.3, -0.25) is 4.79 Å². The van der Waals surface area contributed by atoms with Gasteiger partial charge in [-0.2, -0.15) is 0 Å². The minimum atomic E-state index is -0.107. The van der Waals surface area contributed by atoms with Crippen LogP contribution in [0.1, 0.15) is 43.7 Å². The average Bonchev–Trinajstić information content (AvgIpc) is 3.43. The first-order valence-corrected chi connectivity index (χ1v) is 10.9. The Bertz CT molecular complexity index is 1290. The molecule has 0 saturated heterocycles. The van der Waals surface area contributed by atoms with Gasteiger partial charge in [0.2, 0.25) is 0 Å². The second-order valence-corrected chi connectivity index (χ2v) is 9.58. The van der Waals surface area contributed by atoms with E-state index < -0.39 is 0 Å². The summed E-state index contributed by atoms with van der Waals surface area (Å²) in [6.07, 6.45) is 2.20. The molecule has 0 atom stereocenters. The molecular weight excluding hydrogens is 380 g/mol. The number of aromatic hydroxyl groups is 1. The molecule has 2 heterocycles. The van der Waals surface area contributed by atoms with Gasteiger partial charge in [0.15, 0.2) is 0 Å². The number of fused-ring (bicyclic) bond motifs is 3. The predicted octanol–water partition coefficient (Wildman–Crippen LogP) is 5.23. The number of thiophene rings is 1. The van der Waals surface area contributed by atoms with E-state index in [0.29, 0.717) is 17.2 Å². The Balaban J connectivity index is 1.82. The van der Waals surface area contributed by atoms with Crippen molar-refractivity contribution < 1.29 is 5.11 Å². The lowest BCUT2D eigenvalue weighted by Crippen LogP contribution is -2.27. The van der Waals surface area contributed by atoms with Crippen molar-refractivity contribution in [2.24, 2.45) is 5.73 Å². The average molecular weight is 405 g/mol. The van der Waals surface area contributed by atoms with Gasteiger partial charge in [0, 0.05) is 28.3 Å². The lowest BCUT2D eigenvalue weighted by Gasteiger charge is -2.23. The molecule has 5 heteroatoms. The molecule has 0 amide bonds. The standard InChI is InChI=1S/C24H24N2O2S/c1-24(2,12-25)15-7-5-14(6-8-15)19-18(27)11-17(13-3-4-13)21-20(19)16-9-10-29-22(16)23(28)26-21/h5-11,13,27H,3-4,12,25H2,1-2H3,(H,26,28). The summed E-state index contributed by atoms with van der Waals surface area (Å²) in [5, 5.41) is 14.8. The van der Waals surface area contributed by atoms with Crippen molar-refractivity contribution in [3.63, 3.8) is 0 Å². The van der Waals surface area contributed by atoms with Crippen LogP contribution in [0.15, 0.2) is 46.6 Å². The maximum Gasteiger partial charge on any atom is 0.266 e. The van der Waals surface area contributed by atoms with Gasteiger partial charge in [-0.25, -0.2) is 0 Å². The van der Waals surface area contributed by atoms with Crippen molar-refractivity contribution in [3.8, 4) is 16.9 Å². The van der Waals surface area contributed by atoms with Gasteiger partial charge in [0.1, 0.15) is 10.4 Å². The quantitative estimate of drug-likeness (QED) is 0.436. The van der Waals surface area contributed by atoms with E-state index in [4.69, 9.17) is 5.73 Å². The summed E-state index contributed by atoms with van der Waals surface area (Å²) >= 11 is 1.44. The number of hydrogen-bond donors (Lipinski definition) is 3. The Morgan fingerprint density at radius 3 is 2.59 bits per heavy atom. The molecule has 29 heavy (non-hydrogen) atoms. The zero-order chi connectivity index (χ0) is 20.3. The van der Waals surface area contributed by atoms with Gasteiger partial charge >= 0.3 is 0 Å². The van der Waals surface area contributed by atoms with E-state index in [2.05, 4.69) is 31.0 Å². The number of pyridine rings is 1. The monoisotopic (exact) mass is 404 g/mol. The molecule has 148 valence electrons. The Hall–Kier alpha value is -2.63. The van der Waals surface area contributed by atoms with E-state index in [1.807, 2.05) is 29.6 Å². The van der Waals surface area contributed by atoms with Crippen LogP contribution in [0.25, 0.3) is 32.1 Å².